The Kier molecular flexibility index (Phi) is 11.9. The maximum atomic E-state index is 13.8. The summed E-state index contributed by atoms with van der Waals surface area (Å²) < 4.78 is 0. The summed E-state index contributed by atoms with van der Waals surface area (Å²) >= 11 is 0. The molecule has 0 aromatic rings. The van der Waals surface area contributed by atoms with Crippen molar-refractivity contribution in [1.29, 1.82) is 0 Å². The number of aliphatic carboxylic acids is 3. The third-order valence-corrected chi connectivity index (χ3v) is 8.49. The number of carbonyl (C=O) groups is 3. The van der Waals surface area contributed by atoms with Gasteiger partial charge in [0.2, 0.25) is 0 Å². The SMILES string of the molecule is CCCC(C(C(=O)O)C(O)(C(=O)O)C(C(=O)O)(C(CCC)C(C)(C)C)C(CCC)C(C)(C)C)C(C)(C)C. The fraction of sp³-hybridized carbons (Fsp3) is 0.900. The predicted molar refractivity (Wildman–Crippen MR) is 147 cm³/mol. The number of hydrogen-bond acceptors (Lipinski definition) is 4. The third kappa shape index (κ3) is 6.88. The second-order valence-corrected chi connectivity index (χ2v) is 14.2. The van der Waals surface area contributed by atoms with Crippen LogP contribution in [0.5, 0.6) is 0 Å². The summed E-state index contributed by atoms with van der Waals surface area (Å²) in [5, 5.41) is 45.6. The number of carboxylic acids is 3. The molecule has 0 bridgehead atoms. The van der Waals surface area contributed by atoms with Crippen LogP contribution in [0.4, 0.5) is 0 Å². The summed E-state index contributed by atoms with van der Waals surface area (Å²) in [6.45, 7) is 22.4. The van der Waals surface area contributed by atoms with Gasteiger partial charge in [0.1, 0.15) is 11.3 Å². The summed E-state index contributed by atoms with van der Waals surface area (Å²) in [7, 11) is 0. The minimum Gasteiger partial charge on any atom is -0.481 e. The molecule has 4 N–H and O–H groups in total. The van der Waals surface area contributed by atoms with Gasteiger partial charge in [-0.25, -0.2) is 4.79 Å². The van der Waals surface area contributed by atoms with E-state index in [2.05, 4.69) is 0 Å². The van der Waals surface area contributed by atoms with Crippen LogP contribution in [0.3, 0.4) is 0 Å². The Morgan fingerprint density at radius 2 is 0.946 bits per heavy atom. The summed E-state index contributed by atoms with van der Waals surface area (Å²) in [5.41, 5.74) is -7.52. The van der Waals surface area contributed by atoms with Crippen LogP contribution in [0.15, 0.2) is 0 Å². The normalized spacial score (nSPS) is 19.7. The van der Waals surface area contributed by atoms with E-state index in [0.717, 1.165) is 0 Å². The summed E-state index contributed by atoms with van der Waals surface area (Å²) in [6.07, 6.45) is 2.70. The Balaban J connectivity index is 8.45. The van der Waals surface area contributed by atoms with Gasteiger partial charge in [-0.1, -0.05) is 102 Å². The average Bonchev–Trinajstić information content (AvgIpc) is 2.69. The van der Waals surface area contributed by atoms with Crippen molar-refractivity contribution in [3.8, 4) is 0 Å². The van der Waals surface area contributed by atoms with Crippen molar-refractivity contribution in [3.63, 3.8) is 0 Å². The zero-order valence-corrected chi connectivity index (χ0v) is 25.6. The van der Waals surface area contributed by atoms with Gasteiger partial charge in [-0.2, -0.15) is 0 Å². The minimum absolute atomic E-state index is 0.335. The molecular formula is C30H56O7. The molecular weight excluding hydrogens is 472 g/mol. The zero-order chi connectivity index (χ0) is 29.8. The molecule has 0 spiro atoms. The Hall–Kier alpha value is -1.63. The Bertz CT molecular complexity index is 757. The summed E-state index contributed by atoms with van der Waals surface area (Å²) in [6, 6.07) is 0. The van der Waals surface area contributed by atoms with Crippen LogP contribution in [-0.4, -0.2) is 43.9 Å². The van der Waals surface area contributed by atoms with Crippen molar-refractivity contribution in [2.24, 2.45) is 45.3 Å². The fourth-order valence-corrected chi connectivity index (χ4v) is 7.12. The number of aliphatic hydroxyl groups is 1. The summed E-state index contributed by atoms with van der Waals surface area (Å²) in [4.78, 5) is 40.4. The van der Waals surface area contributed by atoms with E-state index < -0.39 is 68.8 Å². The van der Waals surface area contributed by atoms with Gasteiger partial charge < -0.3 is 20.4 Å². The number of rotatable bonds is 14. The molecule has 0 saturated carbocycles. The van der Waals surface area contributed by atoms with E-state index in [0.29, 0.717) is 38.5 Å². The molecule has 0 fully saturated rings. The first kappa shape index (κ1) is 35.4. The van der Waals surface area contributed by atoms with Crippen LogP contribution in [-0.2, 0) is 14.4 Å². The first-order chi connectivity index (χ1) is 16.5. The molecule has 7 heteroatoms. The molecule has 0 rings (SSSR count). The van der Waals surface area contributed by atoms with Gasteiger partial charge in [-0.05, 0) is 53.3 Å². The molecule has 0 heterocycles. The maximum absolute atomic E-state index is 13.8. The minimum atomic E-state index is -3.07. The van der Waals surface area contributed by atoms with E-state index in [1.807, 2.05) is 83.1 Å². The van der Waals surface area contributed by atoms with E-state index in [1.54, 1.807) is 0 Å². The molecule has 7 nitrogen and oxygen atoms in total. The van der Waals surface area contributed by atoms with Gasteiger partial charge in [-0.15, -0.1) is 0 Å². The lowest BCUT2D eigenvalue weighted by molar-refractivity contribution is -0.246. The van der Waals surface area contributed by atoms with Crippen LogP contribution in [0.25, 0.3) is 0 Å². The highest BCUT2D eigenvalue weighted by atomic mass is 16.4. The standard InChI is InChI=1S/C30H56O7/c1-13-16-19(26(4,5)6)22(23(31)32)30(37,25(35)36)29(24(33)34,20(17-14-2)27(7,8)9)21(18-15-3)28(10,11)12/h19-22,37H,13-18H2,1-12H3,(H,31,32)(H,33,34)(H,35,36). The topological polar surface area (TPSA) is 132 Å². The van der Waals surface area contributed by atoms with Crippen LogP contribution < -0.4 is 0 Å². The number of hydrogen-bond donors (Lipinski definition) is 4. The molecule has 0 amide bonds. The first-order valence-electron chi connectivity index (χ1n) is 14.0. The fourth-order valence-electron chi connectivity index (χ4n) is 7.12. The summed E-state index contributed by atoms with van der Waals surface area (Å²) in [5.74, 6) is -8.93. The van der Waals surface area contributed by atoms with Crippen LogP contribution in [0, 0.1) is 45.3 Å². The first-order valence-corrected chi connectivity index (χ1v) is 14.0. The highest BCUT2D eigenvalue weighted by Gasteiger charge is 2.75. The highest BCUT2D eigenvalue weighted by molar-refractivity contribution is 5.94. The van der Waals surface area contributed by atoms with E-state index in [1.165, 1.54) is 0 Å². The molecule has 5 unspecified atom stereocenters. The Morgan fingerprint density at radius 3 is 1.14 bits per heavy atom. The zero-order valence-electron chi connectivity index (χ0n) is 25.6. The molecule has 0 aliphatic carbocycles. The van der Waals surface area contributed by atoms with Gasteiger partial charge in [0.15, 0.2) is 5.60 Å². The van der Waals surface area contributed by atoms with E-state index in [9.17, 15) is 34.8 Å². The largest absolute Gasteiger partial charge is 0.481 e. The monoisotopic (exact) mass is 528 g/mol. The highest BCUT2D eigenvalue weighted by Crippen LogP contribution is 2.63. The molecule has 0 aliphatic rings. The van der Waals surface area contributed by atoms with Crippen molar-refractivity contribution in [2.75, 3.05) is 0 Å². The second-order valence-electron chi connectivity index (χ2n) is 14.2. The van der Waals surface area contributed by atoms with Crippen LogP contribution >= 0.6 is 0 Å². The Labute approximate surface area is 225 Å². The van der Waals surface area contributed by atoms with Crippen molar-refractivity contribution < 1.29 is 34.8 Å². The lowest BCUT2D eigenvalue weighted by atomic mass is 9.43. The smallest absolute Gasteiger partial charge is 0.337 e. The maximum Gasteiger partial charge on any atom is 0.337 e. The molecule has 0 aromatic carbocycles. The predicted octanol–water partition coefficient (Wildman–Crippen LogP) is 6.96. The molecule has 0 saturated heterocycles. The van der Waals surface area contributed by atoms with Crippen molar-refractivity contribution >= 4 is 17.9 Å². The van der Waals surface area contributed by atoms with Crippen molar-refractivity contribution in [1.82, 2.24) is 0 Å². The van der Waals surface area contributed by atoms with Crippen molar-refractivity contribution in [3.05, 3.63) is 0 Å². The average molecular weight is 529 g/mol. The molecule has 0 aliphatic heterocycles. The van der Waals surface area contributed by atoms with Gasteiger partial charge >= 0.3 is 17.9 Å². The van der Waals surface area contributed by atoms with Crippen LogP contribution in [0.2, 0.25) is 0 Å². The van der Waals surface area contributed by atoms with Gasteiger partial charge in [0, 0.05) is 0 Å². The lowest BCUT2D eigenvalue weighted by Gasteiger charge is -2.60. The van der Waals surface area contributed by atoms with E-state index in [4.69, 9.17) is 0 Å². The molecule has 37 heavy (non-hydrogen) atoms. The van der Waals surface area contributed by atoms with Crippen molar-refractivity contribution in [2.45, 2.75) is 127 Å². The van der Waals surface area contributed by atoms with Gasteiger partial charge in [0.05, 0.1) is 0 Å². The molecule has 218 valence electrons. The van der Waals surface area contributed by atoms with Gasteiger partial charge in [-0.3, -0.25) is 9.59 Å². The van der Waals surface area contributed by atoms with Crippen LogP contribution in [0.1, 0.15) is 122 Å². The molecule has 0 aromatic heterocycles. The van der Waals surface area contributed by atoms with E-state index in [-0.39, 0.29) is 0 Å². The quantitative estimate of drug-likeness (QED) is 0.191. The molecule has 0 radical (unpaired) electrons. The molecule has 5 atom stereocenters. The lowest BCUT2D eigenvalue weighted by Crippen LogP contribution is -2.73. The third-order valence-electron chi connectivity index (χ3n) is 8.49. The number of carboxylic acid groups (broad SMARTS) is 3. The second kappa shape index (κ2) is 12.5. The Morgan fingerprint density at radius 1 is 0.595 bits per heavy atom. The van der Waals surface area contributed by atoms with Gasteiger partial charge in [0.25, 0.3) is 0 Å². The van der Waals surface area contributed by atoms with E-state index >= 15 is 0 Å².